The van der Waals surface area contributed by atoms with Crippen LogP contribution in [0.25, 0.3) is 0 Å². The summed E-state index contributed by atoms with van der Waals surface area (Å²) in [5.41, 5.74) is 0. The molecule has 98 valence electrons. The molecule has 0 N–H and O–H groups in total. The molecule has 0 bridgehead atoms. The van der Waals surface area contributed by atoms with E-state index in [-0.39, 0.29) is 0 Å². The van der Waals surface area contributed by atoms with Crippen LogP contribution in [0.1, 0.15) is 64.7 Å². The first-order chi connectivity index (χ1) is 8.43. The second kappa shape index (κ2) is 10.6. The van der Waals surface area contributed by atoms with Gasteiger partial charge < -0.3 is 4.74 Å². The summed E-state index contributed by atoms with van der Waals surface area (Å²) in [5, 5.41) is 0. The van der Waals surface area contributed by atoms with Crippen LogP contribution < -0.4 is 0 Å². The molecule has 17 heavy (non-hydrogen) atoms. The average Bonchev–Trinajstić information content (AvgIpc) is 3.15. The maximum Gasteiger partial charge on any atom is 0.0844 e. The summed E-state index contributed by atoms with van der Waals surface area (Å²) in [5.74, 6) is 0. The lowest BCUT2D eigenvalue weighted by Crippen LogP contribution is -1.78. The number of hydrogen-bond acceptors (Lipinski definition) is 1. The van der Waals surface area contributed by atoms with E-state index in [1.54, 1.807) is 0 Å². The fourth-order valence-corrected chi connectivity index (χ4v) is 1.88. The molecule has 1 aliphatic rings. The Bertz CT molecular complexity index is 214. The normalized spacial score (nSPS) is 19.5. The summed E-state index contributed by atoms with van der Waals surface area (Å²) >= 11 is 0. The van der Waals surface area contributed by atoms with E-state index in [1.807, 2.05) is 0 Å². The lowest BCUT2D eigenvalue weighted by molar-refractivity contribution is 0.410. The molecule has 1 heteroatoms. The molecule has 0 aromatic carbocycles. The van der Waals surface area contributed by atoms with Gasteiger partial charge in [-0.15, -0.1) is 0 Å². The lowest BCUT2D eigenvalue weighted by Gasteiger charge is -1.97. The highest BCUT2D eigenvalue weighted by Crippen LogP contribution is 2.13. The van der Waals surface area contributed by atoms with E-state index < -0.39 is 0 Å². The van der Waals surface area contributed by atoms with Crippen molar-refractivity contribution in [1.82, 2.24) is 0 Å². The van der Waals surface area contributed by atoms with E-state index in [9.17, 15) is 0 Å². The van der Waals surface area contributed by atoms with Crippen LogP contribution >= 0.6 is 0 Å². The second-order valence-electron chi connectivity index (χ2n) is 4.93. The van der Waals surface area contributed by atoms with Gasteiger partial charge in [-0.2, -0.15) is 0 Å². The molecule has 1 fully saturated rings. The van der Waals surface area contributed by atoms with Crippen molar-refractivity contribution in [1.29, 1.82) is 0 Å². The fourth-order valence-electron chi connectivity index (χ4n) is 1.88. The van der Waals surface area contributed by atoms with E-state index in [4.69, 9.17) is 4.74 Å². The zero-order valence-corrected chi connectivity index (χ0v) is 11.4. The van der Waals surface area contributed by atoms with Crippen LogP contribution in [-0.4, -0.2) is 12.7 Å². The topological polar surface area (TPSA) is 12.5 Å². The third-order valence-electron chi connectivity index (χ3n) is 3.13. The maximum absolute atomic E-state index is 5.14. The molecule has 0 spiro atoms. The summed E-state index contributed by atoms with van der Waals surface area (Å²) in [7, 11) is 0. The lowest BCUT2D eigenvalue weighted by atomic mass is 10.1. The van der Waals surface area contributed by atoms with Crippen LogP contribution in [0.5, 0.6) is 0 Å². The first-order valence-corrected chi connectivity index (χ1v) is 7.35. The van der Waals surface area contributed by atoms with Gasteiger partial charge in [0, 0.05) is 0 Å². The summed E-state index contributed by atoms with van der Waals surface area (Å²) in [6, 6.07) is 0. The van der Waals surface area contributed by atoms with E-state index >= 15 is 0 Å². The quantitative estimate of drug-likeness (QED) is 0.278. The molecule has 0 aliphatic carbocycles. The van der Waals surface area contributed by atoms with E-state index in [2.05, 4.69) is 31.2 Å². The summed E-state index contributed by atoms with van der Waals surface area (Å²) in [6.07, 6.45) is 21.5. The molecule has 1 atom stereocenters. The maximum atomic E-state index is 5.14. The van der Waals surface area contributed by atoms with E-state index in [0.717, 1.165) is 19.4 Å². The first kappa shape index (κ1) is 14.5. The number of hydrogen-bond donors (Lipinski definition) is 0. The smallest absolute Gasteiger partial charge is 0.0844 e. The zero-order valence-electron chi connectivity index (χ0n) is 11.4. The first-order valence-electron chi connectivity index (χ1n) is 7.35. The largest absolute Gasteiger partial charge is 0.373 e. The van der Waals surface area contributed by atoms with Crippen molar-refractivity contribution in [2.45, 2.75) is 70.8 Å². The minimum Gasteiger partial charge on any atom is -0.373 e. The van der Waals surface area contributed by atoms with Gasteiger partial charge in [-0.1, -0.05) is 63.3 Å². The van der Waals surface area contributed by atoms with Crippen molar-refractivity contribution in [3.05, 3.63) is 24.3 Å². The van der Waals surface area contributed by atoms with Crippen molar-refractivity contribution in [3.8, 4) is 0 Å². The molecule has 0 amide bonds. The number of epoxide rings is 1. The van der Waals surface area contributed by atoms with Gasteiger partial charge in [0.05, 0.1) is 12.7 Å². The van der Waals surface area contributed by atoms with Gasteiger partial charge >= 0.3 is 0 Å². The van der Waals surface area contributed by atoms with Crippen LogP contribution in [0.2, 0.25) is 0 Å². The van der Waals surface area contributed by atoms with Gasteiger partial charge in [0.1, 0.15) is 0 Å². The van der Waals surface area contributed by atoms with Gasteiger partial charge in [0.2, 0.25) is 0 Å². The molecule has 1 rings (SSSR count). The van der Waals surface area contributed by atoms with Crippen LogP contribution in [0, 0.1) is 0 Å². The molecule has 0 radical (unpaired) electrons. The standard InChI is InChI=1S/C16H28O/c1-2-3-4-5-6-7-8-9-10-11-12-13-14-16-15-17-16/h9-10,12-13,16H,2-8,11,14-15H2,1H3/b10-9-,13-12-. The molecule has 0 saturated carbocycles. The Morgan fingerprint density at radius 3 is 2.41 bits per heavy atom. The number of ether oxygens (including phenoxy) is 1. The number of rotatable bonds is 11. The Kier molecular flexibility index (Phi) is 9.03. The van der Waals surface area contributed by atoms with E-state index in [0.29, 0.717) is 6.10 Å². The summed E-state index contributed by atoms with van der Waals surface area (Å²) in [6.45, 7) is 3.24. The molecular weight excluding hydrogens is 208 g/mol. The van der Waals surface area contributed by atoms with Crippen LogP contribution in [0.4, 0.5) is 0 Å². The van der Waals surface area contributed by atoms with Gasteiger partial charge in [0.15, 0.2) is 0 Å². The fraction of sp³-hybridized carbons (Fsp3) is 0.750. The predicted molar refractivity (Wildman–Crippen MR) is 75.2 cm³/mol. The number of unbranched alkanes of at least 4 members (excludes halogenated alkanes) is 6. The highest BCUT2D eigenvalue weighted by atomic mass is 16.6. The highest BCUT2D eigenvalue weighted by Gasteiger charge is 2.19. The Labute approximate surface area is 107 Å². The molecule has 1 heterocycles. The zero-order chi connectivity index (χ0) is 12.2. The van der Waals surface area contributed by atoms with Gasteiger partial charge in [-0.25, -0.2) is 0 Å². The third kappa shape index (κ3) is 10.3. The highest BCUT2D eigenvalue weighted by molar-refractivity contribution is 4.94. The van der Waals surface area contributed by atoms with Gasteiger partial charge in [0.25, 0.3) is 0 Å². The summed E-state index contributed by atoms with van der Waals surface area (Å²) in [4.78, 5) is 0. The number of allylic oxidation sites excluding steroid dienone is 3. The van der Waals surface area contributed by atoms with Gasteiger partial charge in [-0.3, -0.25) is 0 Å². The predicted octanol–water partition coefficient (Wildman–Crippen LogP) is 5.03. The second-order valence-corrected chi connectivity index (χ2v) is 4.93. The third-order valence-corrected chi connectivity index (χ3v) is 3.13. The molecule has 1 nitrogen and oxygen atoms in total. The summed E-state index contributed by atoms with van der Waals surface area (Å²) < 4.78 is 5.14. The van der Waals surface area contributed by atoms with Crippen LogP contribution in [0.3, 0.4) is 0 Å². The minimum atomic E-state index is 0.540. The molecule has 0 aromatic heterocycles. The molecule has 1 saturated heterocycles. The Morgan fingerprint density at radius 1 is 0.941 bits per heavy atom. The molecule has 1 aliphatic heterocycles. The van der Waals surface area contributed by atoms with Crippen molar-refractivity contribution in [2.75, 3.05) is 6.61 Å². The van der Waals surface area contributed by atoms with Crippen LogP contribution in [0.15, 0.2) is 24.3 Å². The minimum absolute atomic E-state index is 0.540. The van der Waals surface area contributed by atoms with Crippen molar-refractivity contribution in [3.63, 3.8) is 0 Å². The van der Waals surface area contributed by atoms with Gasteiger partial charge in [-0.05, 0) is 25.7 Å². The molecular formula is C16H28O. The monoisotopic (exact) mass is 236 g/mol. The Hall–Kier alpha value is -0.560. The molecule has 0 aromatic rings. The Balaban J connectivity index is 1.76. The van der Waals surface area contributed by atoms with Crippen LogP contribution in [-0.2, 0) is 4.74 Å². The molecule has 1 unspecified atom stereocenters. The van der Waals surface area contributed by atoms with E-state index in [1.165, 1.54) is 44.9 Å². The SMILES string of the molecule is CCCCCCCC/C=C\C/C=C\CC1CO1. The Morgan fingerprint density at radius 2 is 1.65 bits per heavy atom. The van der Waals surface area contributed by atoms with Crippen molar-refractivity contribution >= 4 is 0 Å². The average molecular weight is 236 g/mol. The van der Waals surface area contributed by atoms with Crippen molar-refractivity contribution in [2.24, 2.45) is 0 Å². The van der Waals surface area contributed by atoms with Crippen molar-refractivity contribution < 1.29 is 4.74 Å².